The molecular weight excluding hydrogens is 248 g/mol. The lowest BCUT2D eigenvalue weighted by Crippen LogP contribution is -2.52. The smallest absolute Gasteiger partial charge is 0.0532 e. The molecule has 18 heavy (non-hydrogen) atoms. The van der Waals surface area contributed by atoms with Crippen LogP contribution in [0, 0.1) is 0 Å². The molecule has 0 bridgehead atoms. The van der Waals surface area contributed by atoms with Crippen molar-refractivity contribution in [3.8, 4) is 0 Å². The first kappa shape index (κ1) is 18.4. The summed E-state index contributed by atoms with van der Waals surface area (Å²) in [5.41, 5.74) is 0. The van der Waals surface area contributed by atoms with Gasteiger partial charge in [0.25, 0.3) is 0 Å². The highest BCUT2D eigenvalue weighted by atomic mass is 28.4. The molecule has 0 N–H and O–H groups in total. The highest BCUT2D eigenvalue weighted by Crippen LogP contribution is 2.47. The van der Waals surface area contributed by atoms with Crippen LogP contribution in [0.2, 0.25) is 41.4 Å². The van der Waals surface area contributed by atoms with E-state index in [9.17, 15) is 0 Å². The Labute approximate surface area is 119 Å². The maximum Gasteiger partial charge on any atom is 0.0532 e. The summed E-state index contributed by atoms with van der Waals surface area (Å²) in [6.45, 7) is 17.4. The van der Waals surface area contributed by atoms with E-state index >= 15 is 0 Å². The Morgan fingerprint density at radius 1 is 0.556 bits per heavy atom. The SMILES string of the molecule is CCCC([Si](CC)(CC)CC)[Si](CC)(CC)CC. The van der Waals surface area contributed by atoms with Crippen LogP contribution in [0.15, 0.2) is 0 Å². The van der Waals surface area contributed by atoms with E-state index in [1.807, 2.05) is 0 Å². The van der Waals surface area contributed by atoms with Crippen molar-refractivity contribution in [1.29, 1.82) is 0 Å². The van der Waals surface area contributed by atoms with Crippen LogP contribution < -0.4 is 0 Å². The summed E-state index contributed by atoms with van der Waals surface area (Å²) in [4.78, 5) is 0. The standard InChI is InChI=1S/C16H38Si2/c1-8-15-16(17(9-2,10-3)11-4)18(12-5,13-6)14-7/h16H,8-15H2,1-7H3. The molecule has 0 radical (unpaired) electrons. The van der Waals surface area contributed by atoms with Gasteiger partial charge < -0.3 is 0 Å². The average molecular weight is 287 g/mol. The molecule has 0 aromatic carbocycles. The van der Waals surface area contributed by atoms with Crippen molar-refractivity contribution < 1.29 is 0 Å². The summed E-state index contributed by atoms with van der Waals surface area (Å²) in [5, 5.41) is 1.19. The molecule has 0 spiro atoms. The fraction of sp³-hybridized carbons (Fsp3) is 1.00. The van der Waals surface area contributed by atoms with E-state index in [4.69, 9.17) is 0 Å². The van der Waals surface area contributed by atoms with Gasteiger partial charge in [0.15, 0.2) is 0 Å². The highest BCUT2D eigenvalue weighted by molar-refractivity contribution is 6.99. The molecule has 0 amide bonds. The minimum Gasteiger partial charge on any atom is -0.0678 e. The summed E-state index contributed by atoms with van der Waals surface area (Å²) in [6.07, 6.45) is 2.96. The van der Waals surface area contributed by atoms with E-state index in [0.717, 1.165) is 0 Å². The van der Waals surface area contributed by atoms with Gasteiger partial charge in [-0.2, -0.15) is 0 Å². The molecule has 0 aliphatic carbocycles. The van der Waals surface area contributed by atoms with Gasteiger partial charge in [-0.15, -0.1) is 0 Å². The zero-order valence-corrected chi connectivity index (χ0v) is 16.2. The first-order valence-corrected chi connectivity index (χ1v) is 14.0. The summed E-state index contributed by atoms with van der Waals surface area (Å²) < 4.78 is 0. The summed E-state index contributed by atoms with van der Waals surface area (Å²) in [7, 11) is -2.01. The van der Waals surface area contributed by atoms with Gasteiger partial charge in [-0.1, -0.05) is 97.6 Å². The van der Waals surface area contributed by atoms with Crippen LogP contribution in [0.25, 0.3) is 0 Å². The lowest BCUT2D eigenvalue weighted by Gasteiger charge is -2.48. The van der Waals surface area contributed by atoms with Gasteiger partial charge in [0, 0.05) is 0 Å². The molecule has 110 valence electrons. The van der Waals surface area contributed by atoms with Gasteiger partial charge in [-0.3, -0.25) is 0 Å². The van der Waals surface area contributed by atoms with E-state index in [1.54, 1.807) is 6.42 Å². The molecular formula is C16H38Si2. The second-order valence-corrected chi connectivity index (χ2v) is 17.9. The average Bonchev–Trinajstić information content (AvgIpc) is 2.44. The van der Waals surface area contributed by atoms with Crippen LogP contribution in [-0.4, -0.2) is 16.1 Å². The van der Waals surface area contributed by atoms with Crippen molar-refractivity contribution >= 4 is 16.1 Å². The minimum absolute atomic E-state index is 1.00. The Kier molecular flexibility index (Phi) is 8.78. The Morgan fingerprint density at radius 3 is 1.00 bits per heavy atom. The quantitative estimate of drug-likeness (QED) is 0.391. The van der Waals surface area contributed by atoms with Crippen molar-refractivity contribution in [2.75, 3.05) is 0 Å². The van der Waals surface area contributed by atoms with Crippen LogP contribution in [-0.2, 0) is 0 Å². The third-order valence-electron chi connectivity index (χ3n) is 6.28. The van der Waals surface area contributed by atoms with Crippen molar-refractivity contribution in [2.45, 2.75) is 103 Å². The minimum atomic E-state index is -1.00. The van der Waals surface area contributed by atoms with E-state index < -0.39 is 16.1 Å². The lowest BCUT2D eigenvalue weighted by molar-refractivity contribution is 0.781. The molecule has 0 atom stereocenters. The van der Waals surface area contributed by atoms with Crippen molar-refractivity contribution in [1.82, 2.24) is 0 Å². The van der Waals surface area contributed by atoms with E-state index in [0.29, 0.717) is 0 Å². The maximum absolute atomic E-state index is 2.50. The molecule has 0 aromatic heterocycles. The van der Waals surface area contributed by atoms with Gasteiger partial charge in [0.1, 0.15) is 0 Å². The molecule has 0 saturated heterocycles. The maximum atomic E-state index is 2.50. The third-order valence-corrected chi connectivity index (χ3v) is 21.9. The Morgan fingerprint density at radius 2 is 0.833 bits per heavy atom. The second-order valence-electron chi connectivity index (χ2n) is 6.19. The van der Waals surface area contributed by atoms with E-state index in [-0.39, 0.29) is 0 Å². The van der Waals surface area contributed by atoms with Crippen molar-refractivity contribution in [2.24, 2.45) is 0 Å². The van der Waals surface area contributed by atoms with E-state index in [2.05, 4.69) is 48.5 Å². The van der Waals surface area contributed by atoms with Gasteiger partial charge >= 0.3 is 0 Å². The molecule has 0 unspecified atom stereocenters. The van der Waals surface area contributed by atoms with Crippen molar-refractivity contribution in [3.63, 3.8) is 0 Å². The molecule has 0 fully saturated rings. The zero-order valence-electron chi connectivity index (χ0n) is 14.2. The normalized spacial score (nSPS) is 13.3. The first-order valence-electron chi connectivity index (χ1n) is 8.56. The summed E-state index contributed by atoms with van der Waals surface area (Å²) in [5.74, 6) is 0. The molecule has 0 heterocycles. The number of hydrogen-bond donors (Lipinski definition) is 0. The van der Waals surface area contributed by atoms with Crippen LogP contribution in [0.1, 0.15) is 61.3 Å². The fourth-order valence-electron chi connectivity index (χ4n) is 4.53. The molecule has 0 nitrogen and oxygen atoms in total. The van der Waals surface area contributed by atoms with Gasteiger partial charge in [-0.25, -0.2) is 0 Å². The van der Waals surface area contributed by atoms with Crippen LogP contribution in [0.4, 0.5) is 0 Å². The zero-order chi connectivity index (χ0) is 14.2. The topological polar surface area (TPSA) is 0 Å². The predicted molar refractivity (Wildman–Crippen MR) is 93.1 cm³/mol. The third kappa shape index (κ3) is 3.50. The summed E-state index contributed by atoms with van der Waals surface area (Å²) >= 11 is 0. The largest absolute Gasteiger partial charge is 0.0678 e. The lowest BCUT2D eigenvalue weighted by atomic mass is 10.4. The molecule has 0 rings (SSSR count). The molecule has 0 aliphatic heterocycles. The predicted octanol–water partition coefficient (Wildman–Crippen LogP) is 6.71. The van der Waals surface area contributed by atoms with Gasteiger partial charge in [0.2, 0.25) is 0 Å². The monoisotopic (exact) mass is 286 g/mol. The Balaban J connectivity index is 5.49. The molecule has 0 aliphatic rings. The van der Waals surface area contributed by atoms with Crippen LogP contribution >= 0.6 is 0 Å². The first-order chi connectivity index (χ1) is 8.56. The number of hydrogen-bond acceptors (Lipinski definition) is 0. The van der Waals surface area contributed by atoms with E-state index in [1.165, 1.54) is 47.8 Å². The summed E-state index contributed by atoms with van der Waals surface area (Å²) in [6, 6.07) is 9.16. The van der Waals surface area contributed by atoms with Crippen LogP contribution in [0.3, 0.4) is 0 Å². The molecule has 0 saturated carbocycles. The van der Waals surface area contributed by atoms with Gasteiger partial charge in [0.05, 0.1) is 16.1 Å². The Hall–Kier alpha value is 0.434. The van der Waals surface area contributed by atoms with Gasteiger partial charge in [-0.05, 0) is 5.16 Å². The Bertz CT molecular complexity index is 169. The van der Waals surface area contributed by atoms with Crippen molar-refractivity contribution in [3.05, 3.63) is 0 Å². The van der Waals surface area contributed by atoms with Crippen LogP contribution in [0.5, 0.6) is 0 Å². The fourth-order valence-corrected chi connectivity index (χ4v) is 21.2. The molecule has 2 heteroatoms. The second kappa shape index (κ2) is 8.57. The molecule has 0 aromatic rings. The highest BCUT2D eigenvalue weighted by Gasteiger charge is 2.47. The number of rotatable bonds is 10.